The lowest BCUT2D eigenvalue weighted by atomic mass is 10.1. The van der Waals surface area contributed by atoms with E-state index in [1.165, 1.54) is 12.3 Å². The molecule has 0 N–H and O–H groups in total. The Labute approximate surface area is 110 Å². The topological polar surface area (TPSA) is 36.4 Å². The summed E-state index contributed by atoms with van der Waals surface area (Å²) in [4.78, 5) is 18.8. The van der Waals surface area contributed by atoms with Crippen molar-refractivity contribution < 1.29 is 9.18 Å². The molecule has 1 aliphatic rings. The minimum absolute atomic E-state index is 0.358. The first-order valence-corrected chi connectivity index (χ1v) is 5.99. The minimum Gasteiger partial charge on any atom is -0.323 e. The Bertz CT molecular complexity index is 600. The third-order valence-electron chi connectivity index (χ3n) is 3.16. The van der Waals surface area contributed by atoms with Crippen molar-refractivity contribution in [1.82, 2.24) is 4.98 Å². The second-order valence-electron chi connectivity index (χ2n) is 4.27. The molecule has 0 radical (unpaired) electrons. The third kappa shape index (κ3) is 2.03. The predicted molar refractivity (Wildman–Crippen MR) is 71.1 cm³/mol. The van der Waals surface area contributed by atoms with Gasteiger partial charge in [-0.25, -0.2) is 9.37 Å². The number of rotatable bonds is 2. The van der Waals surface area contributed by atoms with Gasteiger partial charge in [0.05, 0.1) is 17.6 Å². The summed E-state index contributed by atoms with van der Waals surface area (Å²) >= 11 is 0. The van der Waals surface area contributed by atoms with Gasteiger partial charge in [0, 0.05) is 13.1 Å². The van der Waals surface area contributed by atoms with Crippen molar-refractivity contribution in [2.45, 2.75) is 0 Å². The zero-order valence-corrected chi connectivity index (χ0v) is 10.2. The molecule has 0 spiro atoms. The van der Waals surface area contributed by atoms with Crippen molar-refractivity contribution >= 4 is 23.6 Å². The number of benzene rings is 1. The van der Waals surface area contributed by atoms with Gasteiger partial charge in [0.2, 0.25) is 6.41 Å². The van der Waals surface area contributed by atoms with E-state index in [4.69, 9.17) is 0 Å². The smallest absolute Gasteiger partial charge is 0.214 e. The van der Waals surface area contributed by atoms with Crippen LogP contribution in [0.25, 0.3) is 0 Å². The molecule has 5 heteroatoms. The number of pyridine rings is 1. The van der Waals surface area contributed by atoms with Gasteiger partial charge in [-0.3, -0.25) is 4.79 Å². The van der Waals surface area contributed by atoms with Gasteiger partial charge < -0.3 is 9.80 Å². The highest BCUT2D eigenvalue weighted by atomic mass is 19.1. The number of hydrogen-bond acceptors (Lipinski definition) is 3. The highest BCUT2D eigenvalue weighted by Gasteiger charge is 2.23. The number of anilines is 3. The number of carbonyl (C=O) groups excluding carboxylic acids is 1. The van der Waals surface area contributed by atoms with Crippen LogP contribution in [-0.4, -0.2) is 24.5 Å². The normalized spacial score (nSPS) is 14.2. The Kier molecular flexibility index (Phi) is 2.87. The Morgan fingerprint density at radius 1 is 1.11 bits per heavy atom. The molecule has 19 heavy (non-hydrogen) atoms. The monoisotopic (exact) mass is 257 g/mol. The fourth-order valence-electron chi connectivity index (χ4n) is 2.26. The number of fused-ring (bicyclic) bond motifs is 1. The first-order valence-electron chi connectivity index (χ1n) is 5.99. The largest absolute Gasteiger partial charge is 0.323 e. The van der Waals surface area contributed by atoms with E-state index in [0.717, 1.165) is 17.8 Å². The minimum atomic E-state index is -0.358. The maximum absolute atomic E-state index is 12.9. The first-order chi connectivity index (χ1) is 9.29. The molecular formula is C14H12FN3O. The van der Waals surface area contributed by atoms with Gasteiger partial charge in [-0.1, -0.05) is 12.1 Å². The van der Waals surface area contributed by atoms with Crippen LogP contribution in [0.5, 0.6) is 0 Å². The molecule has 1 aliphatic heterocycles. The quantitative estimate of drug-likeness (QED) is 0.775. The van der Waals surface area contributed by atoms with Gasteiger partial charge in [-0.05, 0) is 24.3 Å². The van der Waals surface area contributed by atoms with Gasteiger partial charge in [0.15, 0.2) is 0 Å². The average molecular weight is 257 g/mol. The number of amides is 1. The van der Waals surface area contributed by atoms with Crippen LogP contribution in [0.3, 0.4) is 0 Å². The zero-order valence-electron chi connectivity index (χ0n) is 10.2. The Balaban J connectivity index is 2.05. The maximum Gasteiger partial charge on any atom is 0.214 e. The van der Waals surface area contributed by atoms with E-state index in [-0.39, 0.29) is 5.82 Å². The molecule has 0 saturated heterocycles. The van der Waals surface area contributed by atoms with Crippen molar-refractivity contribution in [1.29, 1.82) is 0 Å². The van der Waals surface area contributed by atoms with Gasteiger partial charge in [-0.2, -0.15) is 0 Å². The summed E-state index contributed by atoms with van der Waals surface area (Å²) < 4.78 is 12.9. The van der Waals surface area contributed by atoms with Gasteiger partial charge in [0.25, 0.3) is 0 Å². The van der Waals surface area contributed by atoms with Crippen molar-refractivity contribution in [3.05, 3.63) is 48.4 Å². The molecule has 0 unspecified atom stereocenters. The number of para-hydroxylation sites is 2. The van der Waals surface area contributed by atoms with Crippen LogP contribution in [0.1, 0.15) is 0 Å². The highest BCUT2D eigenvalue weighted by Crippen LogP contribution is 2.35. The van der Waals surface area contributed by atoms with E-state index < -0.39 is 0 Å². The highest BCUT2D eigenvalue weighted by molar-refractivity contribution is 5.87. The molecule has 1 amide bonds. The molecule has 1 aromatic heterocycles. The van der Waals surface area contributed by atoms with E-state index in [0.29, 0.717) is 18.9 Å². The number of nitrogens with zero attached hydrogens (tertiary/aromatic N) is 3. The van der Waals surface area contributed by atoms with Gasteiger partial charge in [-0.15, -0.1) is 0 Å². The fourth-order valence-corrected chi connectivity index (χ4v) is 2.26. The van der Waals surface area contributed by atoms with E-state index >= 15 is 0 Å². The Morgan fingerprint density at radius 3 is 2.58 bits per heavy atom. The van der Waals surface area contributed by atoms with Crippen LogP contribution in [-0.2, 0) is 4.79 Å². The van der Waals surface area contributed by atoms with Crippen LogP contribution in [0.4, 0.5) is 21.6 Å². The Hall–Kier alpha value is -2.43. The standard InChI is InChI=1S/C14H12FN3O/c15-11-5-6-14(16-9-11)18-8-7-17(10-19)12-3-1-2-4-13(12)18/h1-6,9-10H,7-8H2. The maximum atomic E-state index is 12.9. The number of halogens is 1. The second kappa shape index (κ2) is 4.68. The molecule has 0 bridgehead atoms. The molecular weight excluding hydrogens is 245 g/mol. The van der Waals surface area contributed by atoms with Gasteiger partial charge in [0.1, 0.15) is 11.6 Å². The van der Waals surface area contributed by atoms with Crippen molar-refractivity contribution in [3.63, 3.8) is 0 Å². The average Bonchev–Trinajstić information content (AvgIpc) is 2.47. The number of hydrogen-bond donors (Lipinski definition) is 0. The van der Waals surface area contributed by atoms with Crippen LogP contribution < -0.4 is 9.80 Å². The summed E-state index contributed by atoms with van der Waals surface area (Å²) in [7, 11) is 0. The van der Waals surface area contributed by atoms with E-state index in [1.54, 1.807) is 11.0 Å². The molecule has 0 saturated carbocycles. The lowest BCUT2D eigenvalue weighted by Crippen LogP contribution is -2.38. The molecule has 2 heterocycles. The van der Waals surface area contributed by atoms with Crippen molar-refractivity contribution in [2.75, 3.05) is 22.9 Å². The summed E-state index contributed by atoms with van der Waals surface area (Å²) in [5.74, 6) is 0.322. The lowest BCUT2D eigenvalue weighted by molar-refractivity contribution is -0.107. The van der Waals surface area contributed by atoms with Crippen LogP contribution in [0, 0.1) is 5.82 Å². The SMILES string of the molecule is O=CN1CCN(c2ccc(F)cn2)c2ccccc21. The summed E-state index contributed by atoms with van der Waals surface area (Å²) in [5.41, 5.74) is 1.75. The third-order valence-corrected chi connectivity index (χ3v) is 3.16. The summed E-state index contributed by atoms with van der Waals surface area (Å²) in [5, 5.41) is 0. The molecule has 3 rings (SSSR count). The van der Waals surface area contributed by atoms with E-state index in [2.05, 4.69) is 4.98 Å². The molecule has 0 fully saturated rings. The first kappa shape index (κ1) is 11.6. The van der Waals surface area contributed by atoms with Crippen LogP contribution in [0.15, 0.2) is 42.6 Å². The predicted octanol–water partition coefficient (Wildman–Crippen LogP) is 2.34. The van der Waals surface area contributed by atoms with Crippen molar-refractivity contribution in [2.24, 2.45) is 0 Å². The second-order valence-corrected chi connectivity index (χ2v) is 4.27. The van der Waals surface area contributed by atoms with Crippen LogP contribution >= 0.6 is 0 Å². The summed E-state index contributed by atoms with van der Waals surface area (Å²) in [6, 6.07) is 10.6. The lowest BCUT2D eigenvalue weighted by Gasteiger charge is -2.35. The Morgan fingerprint density at radius 2 is 1.89 bits per heavy atom. The zero-order chi connectivity index (χ0) is 13.2. The number of aromatic nitrogens is 1. The van der Waals surface area contributed by atoms with Crippen LogP contribution in [0.2, 0.25) is 0 Å². The van der Waals surface area contributed by atoms with E-state index in [9.17, 15) is 9.18 Å². The van der Waals surface area contributed by atoms with E-state index in [1.807, 2.05) is 29.2 Å². The summed E-state index contributed by atoms with van der Waals surface area (Å²) in [6.45, 7) is 1.22. The van der Waals surface area contributed by atoms with Crippen molar-refractivity contribution in [3.8, 4) is 0 Å². The molecule has 0 aliphatic carbocycles. The molecule has 0 atom stereocenters. The number of carbonyl (C=O) groups is 1. The van der Waals surface area contributed by atoms with Gasteiger partial charge >= 0.3 is 0 Å². The molecule has 4 nitrogen and oxygen atoms in total. The fraction of sp³-hybridized carbons (Fsp3) is 0.143. The molecule has 96 valence electrons. The molecule has 2 aromatic rings. The summed E-state index contributed by atoms with van der Waals surface area (Å²) in [6.07, 6.45) is 2.03. The molecule has 1 aromatic carbocycles.